The van der Waals surface area contributed by atoms with Crippen molar-refractivity contribution < 1.29 is 0 Å². The smallest absolute Gasteiger partial charge is 0.0730 e. The van der Waals surface area contributed by atoms with Crippen LogP contribution in [0.2, 0.25) is 0 Å². The zero-order valence-electron chi connectivity index (χ0n) is 11.2. The minimum absolute atomic E-state index is 0.864. The van der Waals surface area contributed by atoms with E-state index in [1.165, 1.54) is 38.7 Å². The summed E-state index contributed by atoms with van der Waals surface area (Å²) >= 11 is 0. The normalized spacial score (nSPS) is 18.8. The Morgan fingerprint density at radius 3 is 2.76 bits per heavy atom. The summed E-state index contributed by atoms with van der Waals surface area (Å²) in [5.74, 6) is 0.864. The Labute approximate surface area is 104 Å². The Balaban J connectivity index is 0.000000686. The van der Waals surface area contributed by atoms with Crippen molar-refractivity contribution in [1.82, 2.24) is 10.2 Å². The van der Waals surface area contributed by atoms with Gasteiger partial charge >= 0.3 is 0 Å². The van der Waals surface area contributed by atoms with Crippen molar-refractivity contribution in [3.8, 4) is 0 Å². The Kier molecular flexibility index (Phi) is 5.91. The standard InChI is InChI=1S/C12H19N3.CH5N/c1-3-10-5-6-15(9-10)12-7-11(4-2)14-13-8-12;1-2/h7-8,10H,3-6,9H2,1-2H3;2H2,1H3/t10-;/m1./s1. The predicted octanol–water partition coefficient (Wildman–Crippen LogP) is 1.85. The molecule has 1 aliphatic rings. The molecule has 4 nitrogen and oxygen atoms in total. The van der Waals surface area contributed by atoms with Gasteiger partial charge in [-0.1, -0.05) is 20.3 Å². The van der Waals surface area contributed by atoms with E-state index in [-0.39, 0.29) is 0 Å². The van der Waals surface area contributed by atoms with Gasteiger partial charge in [0.2, 0.25) is 0 Å². The summed E-state index contributed by atoms with van der Waals surface area (Å²) in [6, 6.07) is 2.17. The van der Waals surface area contributed by atoms with Crippen molar-refractivity contribution in [1.29, 1.82) is 0 Å². The molecule has 96 valence electrons. The van der Waals surface area contributed by atoms with Gasteiger partial charge in [-0.05, 0) is 31.9 Å². The Morgan fingerprint density at radius 1 is 1.41 bits per heavy atom. The first-order chi connectivity index (χ1) is 8.33. The molecule has 1 aromatic rings. The molecule has 0 saturated carbocycles. The number of hydrogen-bond donors (Lipinski definition) is 1. The Bertz CT molecular complexity index is 327. The van der Waals surface area contributed by atoms with Gasteiger partial charge in [-0.15, -0.1) is 0 Å². The van der Waals surface area contributed by atoms with Crippen LogP contribution >= 0.6 is 0 Å². The first-order valence-electron chi connectivity index (χ1n) is 6.47. The molecule has 0 spiro atoms. The molecular formula is C13H24N4. The summed E-state index contributed by atoms with van der Waals surface area (Å²) in [5.41, 5.74) is 6.84. The van der Waals surface area contributed by atoms with Crippen LogP contribution in [0, 0.1) is 5.92 Å². The molecule has 0 radical (unpaired) electrons. The first-order valence-corrected chi connectivity index (χ1v) is 6.47. The molecule has 2 heterocycles. The van der Waals surface area contributed by atoms with E-state index in [4.69, 9.17) is 0 Å². The number of rotatable bonds is 3. The van der Waals surface area contributed by atoms with Gasteiger partial charge in [0.15, 0.2) is 0 Å². The first kappa shape index (κ1) is 13.9. The van der Waals surface area contributed by atoms with Crippen LogP contribution in [-0.4, -0.2) is 30.3 Å². The van der Waals surface area contributed by atoms with Crippen LogP contribution in [0.15, 0.2) is 12.3 Å². The van der Waals surface area contributed by atoms with E-state index in [9.17, 15) is 0 Å². The van der Waals surface area contributed by atoms with Crippen molar-refractivity contribution in [2.45, 2.75) is 33.1 Å². The van der Waals surface area contributed by atoms with E-state index in [0.29, 0.717) is 0 Å². The van der Waals surface area contributed by atoms with E-state index >= 15 is 0 Å². The van der Waals surface area contributed by atoms with Crippen LogP contribution in [0.3, 0.4) is 0 Å². The summed E-state index contributed by atoms with van der Waals surface area (Å²) in [7, 11) is 1.50. The third-order valence-corrected chi connectivity index (χ3v) is 3.28. The summed E-state index contributed by atoms with van der Waals surface area (Å²) in [5, 5.41) is 8.15. The Morgan fingerprint density at radius 2 is 2.18 bits per heavy atom. The quantitative estimate of drug-likeness (QED) is 0.870. The number of anilines is 1. The zero-order valence-corrected chi connectivity index (χ0v) is 11.2. The molecule has 0 amide bonds. The second-order valence-electron chi connectivity index (χ2n) is 4.27. The zero-order chi connectivity index (χ0) is 12.7. The van der Waals surface area contributed by atoms with E-state index in [1.54, 1.807) is 0 Å². The largest absolute Gasteiger partial charge is 0.370 e. The molecule has 1 atom stereocenters. The third-order valence-electron chi connectivity index (χ3n) is 3.28. The molecule has 1 saturated heterocycles. The minimum atomic E-state index is 0.864. The number of aromatic nitrogens is 2. The predicted molar refractivity (Wildman–Crippen MR) is 72.1 cm³/mol. The van der Waals surface area contributed by atoms with E-state index in [0.717, 1.165) is 18.0 Å². The molecule has 2 N–H and O–H groups in total. The van der Waals surface area contributed by atoms with Crippen molar-refractivity contribution in [2.75, 3.05) is 25.0 Å². The van der Waals surface area contributed by atoms with E-state index in [1.807, 2.05) is 6.20 Å². The average Bonchev–Trinajstić information content (AvgIpc) is 2.90. The van der Waals surface area contributed by atoms with Crippen LogP contribution in [0.4, 0.5) is 5.69 Å². The molecule has 0 unspecified atom stereocenters. The van der Waals surface area contributed by atoms with Crippen LogP contribution in [0.25, 0.3) is 0 Å². The molecule has 1 aromatic heterocycles. The fourth-order valence-corrected chi connectivity index (χ4v) is 2.15. The van der Waals surface area contributed by atoms with Crippen LogP contribution in [0.5, 0.6) is 0 Å². The summed E-state index contributed by atoms with van der Waals surface area (Å²) < 4.78 is 0. The minimum Gasteiger partial charge on any atom is -0.370 e. The molecule has 2 rings (SSSR count). The maximum atomic E-state index is 4.50. The maximum Gasteiger partial charge on any atom is 0.0730 e. The van der Waals surface area contributed by atoms with E-state index in [2.05, 4.69) is 40.7 Å². The van der Waals surface area contributed by atoms with Crippen molar-refractivity contribution in [3.63, 3.8) is 0 Å². The van der Waals surface area contributed by atoms with Gasteiger partial charge in [-0.3, -0.25) is 0 Å². The van der Waals surface area contributed by atoms with Crippen molar-refractivity contribution in [2.24, 2.45) is 11.7 Å². The van der Waals surface area contributed by atoms with Gasteiger partial charge in [-0.2, -0.15) is 10.2 Å². The third kappa shape index (κ3) is 3.66. The maximum absolute atomic E-state index is 4.50. The van der Waals surface area contributed by atoms with Gasteiger partial charge in [-0.25, -0.2) is 0 Å². The second-order valence-corrected chi connectivity index (χ2v) is 4.27. The SMILES string of the molecule is CCc1cc(N2CC[C@@H](CC)C2)cnn1.CN. The molecule has 1 fully saturated rings. The van der Waals surface area contributed by atoms with Crippen LogP contribution in [-0.2, 0) is 6.42 Å². The van der Waals surface area contributed by atoms with Gasteiger partial charge < -0.3 is 10.6 Å². The fraction of sp³-hybridized carbons (Fsp3) is 0.692. The number of nitrogens with two attached hydrogens (primary N) is 1. The molecule has 17 heavy (non-hydrogen) atoms. The number of hydrogen-bond acceptors (Lipinski definition) is 4. The number of aryl methyl sites for hydroxylation is 1. The topological polar surface area (TPSA) is 55.0 Å². The summed E-state index contributed by atoms with van der Waals surface area (Å²) in [4.78, 5) is 2.43. The lowest BCUT2D eigenvalue weighted by atomic mass is 10.1. The average molecular weight is 236 g/mol. The van der Waals surface area contributed by atoms with Crippen molar-refractivity contribution >= 4 is 5.69 Å². The highest BCUT2D eigenvalue weighted by molar-refractivity contribution is 5.45. The lowest BCUT2D eigenvalue weighted by molar-refractivity contribution is 0.569. The molecule has 0 aromatic carbocycles. The fourth-order valence-electron chi connectivity index (χ4n) is 2.15. The monoisotopic (exact) mass is 236 g/mol. The molecule has 1 aliphatic heterocycles. The van der Waals surface area contributed by atoms with Crippen LogP contribution in [0.1, 0.15) is 32.4 Å². The second kappa shape index (κ2) is 7.22. The molecule has 0 aliphatic carbocycles. The summed E-state index contributed by atoms with van der Waals surface area (Å²) in [6.45, 7) is 6.75. The summed E-state index contributed by atoms with van der Waals surface area (Å²) in [6.07, 6.45) is 5.46. The highest BCUT2D eigenvalue weighted by Crippen LogP contribution is 2.24. The van der Waals surface area contributed by atoms with Gasteiger partial charge in [0.05, 0.1) is 17.6 Å². The van der Waals surface area contributed by atoms with Gasteiger partial charge in [0, 0.05) is 13.1 Å². The lowest BCUT2D eigenvalue weighted by Crippen LogP contribution is -2.20. The lowest BCUT2D eigenvalue weighted by Gasteiger charge is -2.18. The van der Waals surface area contributed by atoms with Gasteiger partial charge in [0.25, 0.3) is 0 Å². The molecule has 4 heteroatoms. The van der Waals surface area contributed by atoms with Gasteiger partial charge in [0.1, 0.15) is 0 Å². The molecular weight excluding hydrogens is 212 g/mol. The number of nitrogens with zero attached hydrogens (tertiary/aromatic N) is 3. The highest BCUT2D eigenvalue weighted by Gasteiger charge is 2.21. The molecule has 0 bridgehead atoms. The highest BCUT2D eigenvalue weighted by atomic mass is 15.2. The van der Waals surface area contributed by atoms with Crippen molar-refractivity contribution in [3.05, 3.63) is 18.0 Å². The Hall–Kier alpha value is -1.16. The van der Waals surface area contributed by atoms with E-state index < -0.39 is 0 Å². The van der Waals surface area contributed by atoms with Crippen LogP contribution < -0.4 is 10.6 Å².